The predicted molar refractivity (Wildman–Crippen MR) is 61.4 cm³/mol. The van der Waals surface area contributed by atoms with Gasteiger partial charge in [0, 0.05) is 7.11 Å². The molecule has 0 bridgehead atoms. The molecule has 0 saturated carbocycles. The van der Waals surface area contributed by atoms with Crippen LogP contribution in [0.25, 0.3) is 5.65 Å². The molecule has 2 rings (SSSR count). The minimum Gasteiger partial charge on any atom is -0.377 e. The van der Waals surface area contributed by atoms with Gasteiger partial charge in [-0.05, 0) is 34.7 Å². The van der Waals surface area contributed by atoms with Gasteiger partial charge in [0.2, 0.25) is 0 Å². The van der Waals surface area contributed by atoms with Gasteiger partial charge in [0.05, 0.1) is 5.02 Å². The van der Waals surface area contributed by atoms with E-state index in [1.165, 1.54) is 0 Å². The summed E-state index contributed by atoms with van der Waals surface area (Å²) >= 11 is 8.15. The molecule has 0 aliphatic rings. The van der Waals surface area contributed by atoms with Gasteiger partial charge in [-0.15, -0.1) is 5.10 Å². The second kappa shape index (κ2) is 4.00. The lowest BCUT2D eigenvalue weighted by Crippen LogP contribution is -1.94. The Labute approximate surface area is 99.4 Å². The molecule has 0 atom stereocenters. The van der Waals surface area contributed by atoms with Crippen molar-refractivity contribution in [2.45, 2.75) is 6.61 Å². The van der Waals surface area contributed by atoms with Gasteiger partial charge < -0.3 is 4.74 Å². The van der Waals surface area contributed by atoms with E-state index >= 15 is 0 Å². The van der Waals surface area contributed by atoms with Crippen LogP contribution in [0.3, 0.4) is 0 Å². The van der Waals surface area contributed by atoms with Crippen LogP contribution in [-0.2, 0) is 11.3 Å². The smallest absolute Gasteiger partial charge is 0.177 e. The van der Waals surface area contributed by atoms with Crippen LogP contribution in [0, 0.1) is 3.70 Å². The van der Waals surface area contributed by atoms with Crippen molar-refractivity contribution in [2.75, 3.05) is 7.11 Å². The molecular formula is C8H7ClIN3O. The number of fused-ring (bicyclic) bond motifs is 1. The number of hydrogen-bond donors (Lipinski definition) is 0. The van der Waals surface area contributed by atoms with Gasteiger partial charge in [0.1, 0.15) is 10.3 Å². The molecule has 0 unspecified atom stereocenters. The molecule has 0 saturated heterocycles. The third kappa shape index (κ3) is 1.71. The molecule has 0 aromatic carbocycles. The average Bonchev–Trinajstić information content (AvgIpc) is 2.57. The van der Waals surface area contributed by atoms with Crippen LogP contribution in [0.4, 0.5) is 0 Å². The molecular weight excluding hydrogens is 316 g/mol. The van der Waals surface area contributed by atoms with Crippen molar-refractivity contribution in [2.24, 2.45) is 0 Å². The average molecular weight is 324 g/mol. The maximum absolute atomic E-state index is 5.98. The highest BCUT2D eigenvalue weighted by Crippen LogP contribution is 2.18. The summed E-state index contributed by atoms with van der Waals surface area (Å²) in [4.78, 5) is 4.25. The molecule has 0 aliphatic heterocycles. The van der Waals surface area contributed by atoms with Gasteiger partial charge in [0.25, 0.3) is 0 Å². The third-order valence-electron chi connectivity index (χ3n) is 1.71. The number of nitrogens with zero attached hydrogens (tertiary/aromatic N) is 3. The first-order valence-corrected chi connectivity index (χ1v) is 5.36. The summed E-state index contributed by atoms with van der Waals surface area (Å²) in [5.41, 5.74) is 0.672. The largest absolute Gasteiger partial charge is 0.377 e. The lowest BCUT2D eigenvalue weighted by molar-refractivity contribution is 0.178. The Bertz CT molecular complexity index is 432. The topological polar surface area (TPSA) is 39.4 Å². The molecule has 2 aromatic heterocycles. The van der Waals surface area contributed by atoms with Crippen LogP contribution in [0.2, 0.25) is 5.02 Å². The minimum atomic E-state index is 0.397. The number of halogens is 2. The maximum atomic E-state index is 5.98. The summed E-state index contributed by atoms with van der Waals surface area (Å²) in [6, 6.07) is 3.70. The highest BCUT2D eigenvalue weighted by Gasteiger charge is 2.08. The van der Waals surface area contributed by atoms with Crippen LogP contribution in [0.5, 0.6) is 0 Å². The Morgan fingerprint density at radius 1 is 1.57 bits per heavy atom. The van der Waals surface area contributed by atoms with Crippen LogP contribution in [-0.4, -0.2) is 21.7 Å². The van der Waals surface area contributed by atoms with E-state index < -0.39 is 0 Å². The molecule has 2 heterocycles. The minimum absolute atomic E-state index is 0.397. The summed E-state index contributed by atoms with van der Waals surface area (Å²) < 4.78 is 7.63. The van der Waals surface area contributed by atoms with E-state index in [-0.39, 0.29) is 0 Å². The summed E-state index contributed by atoms with van der Waals surface area (Å²) in [7, 11) is 1.61. The summed E-state index contributed by atoms with van der Waals surface area (Å²) in [5.74, 6) is 0.638. The normalized spacial score (nSPS) is 11.1. The number of hydrogen-bond acceptors (Lipinski definition) is 3. The number of ether oxygens (including phenoxy) is 1. The SMILES string of the molecule is COCc1nc2c(Cl)ccc(I)n2n1. The van der Waals surface area contributed by atoms with E-state index in [4.69, 9.17) is 16.3 Å². The Kier molecular flexibility index (Phi) is 2.89. The van der Waals surface area contributed by atoms with Crippen molar-refractivity contribution < 1.29 is 4.74 Å². The Morgan fingerprint density at radius 2 is 2.36 bits per heavy atom. The predicted octanol–water partition coefficient (Wildman–Crippen LogP) is 2.13. The zero-order valence-electron chi connectivity index (χ0n) is 7.37. The maximum Gasteiger partial charge on any atom is 0.177 e. The first-order chi connectivity index (χ1) is 6.72. The first-order valence-electron chi connectivity index (χ1n) is 3.91. The molecule has 0 spiro atoms. The molecule has 74 valence electrons. The fraction of sp³-hybridized carbons (Fsp3) is 0.250. The fourth-order valence-corrected chi connectivity index (χ4v) is 1.84. The Balaban J connectivity index is 2.63. The monoisotopic (exact) mass is 323 g/mol. The number of pyridine rings is 1. The Hall–Kier alpha value is -0.400. The lowest BCUT2D eigenvalue weighted by atomic mass is 10.5. The van der Waals surface area contributed by atoms with Crippen molar-refractivity contribution >= 4 is 39.8 Å². The quantitative estimate of drug-likeness (QED) is 0.628. The molecule has 0 N–H and O–H groups in total. The van der Waals surface area contributed by atoms with Gasteiger partial charge in [-0.25, -0.2) is 9.50 Å². The van der Waals surface area contributed by atoms with Crippen molar-refractivity contribution in [3.05, 3.63) is 26.7 Å². The highest BCUT2D eigenvalue weighted by atomic mass is 127. The van der Waals surface area contributed by atoms with E-state index in [9.17, 15) is 0 Å². The fourth-order valence-electron chi connectivity index (χ4n) is 1.14. The number of methoxy groups -OCH3 is 1. The van der Waals surface area contributed by atoms with E-state index in [1.54, 1.807) is 11.6 Å². The van der Waals surface area contributed by atoms with Gasteiger partial charge in [-0.1, -0.05) is 11.6 Å². The van der Waals surface area contributed by atoms with E-state index in [0.29, 0.717) is 23.1 Å². The van der Waals surface area contributed by atoms with Crippen molar-refractivity contribution in [3.63, 3.8) is 0 Å². The number of aromatic nitrogens is 3. The van der Waals surface area contributed by atoms with Gasteiger partial charge >= 0.3 is 0 Å². The van der Waals surface area contributed by atoms with Crippen LogP contribution in [0.15, 0.2) is 12.1 Å². The van der Waals surface area contributed by atoms with Gasteiger partial charge in [-0.2, -0.15) is 0 Å². The highest BCUT2D eigenvalue weighted by molar-refractivity contribution is 14.1. The molecule has 0 aliphatic carbocycles. The van der Waals surface area contributed by atoms with Crippen LogP contribution >= 0.6 is 34.2 Å². The van der Waals surface area contributed by atoms with Crippen molar-refractivity contribution in [1.29, 1.82) is 0 Å². The Morgan fingerprint density at radius 3 is 3.00 bits per heavy atom. The van der Waals surface area contributed by atoms with Gasteiger partial charge in [-0.3, -0.25) is 0 Å². The zero-order valence-corrected chi connectivity index (χ0v) is 10.3. The molecule has 6 heteroatoms. The van der Waals surface area contributed by atoms with E-state index in [0.717, 1.165) is 3.70 Å². The number of rotatable bonds is 2. The molecule has 2 aromatic rings. The van der Waals surface area contributed by atoms with Crippen LogP contribution < -0.4 is 0 Å². The second-order valence-electron chi connectivity index (χ2n) is 2.70. The van der Waals surface area contributed by atoms with E-state index in [1.807, 2.05) is 12.1 Å². The summed E-state index contributed by atoms with van der Waals surface area (Å²) in [6.07, 6.45) is 0. The molecule has 14 heavy (non-hydrogen) atoms. The molecule has 0 amide bonds. The molecule has 0 fully saturated rings. The zero-order chi connectivity index (χ0) is 10.1. The second-order valence-corrected chi connectivity index (χ2v) is 4.21. The third-order valence-corrected chi connectivity index (χ3v) is 2.82. The van der Waals surface area contributed by atoms with Crippen molar-refractivity contribution in [1.82, 2.24) is 14.6 Å². The van der Waals surface area contributed by atoms with Crippen molar-refractivity contribution in [3.8, 4) is 0 Å². The summed E-state index contributed by atoms with van der Waals surface area (Å²) in [6.45, 7) is 0.397. The summed E-state index contributed by atoms with van der Waals surface area (Å²) in [5, 5.41) is 4.85. The van der Waals surface area contributed by atoms with Crippen LogP contribution in [0.1, 0.15) is 5.82 Å². The molecule has 0 radical (unpaired) electrons. The van der Waals surface area contributed by atoms with Gasteiger partial charge in [0.15, 0.2) is 11.5 Å². The standard InChI is InChI=1S/C8H7ClIN3O/c1-14-4-7-11-8-5(9)2-3-6(10)13(8)12-7/h2-3H,4H2,1H3. The van der Waals surface area contributed by atoms with E-state index in [2.05, 4.69) is 32.7 Å². The molecule has 4 nitrogen and oxygen atoms in total. The first kappa shape index (κ1) is 10.1. The lowest BCUT2D eigenvalue weighted by Gasteiger charge is -1.95.